The molecular formula is C19H16Br2ClF3N2O3. The SMILES string of the molecule is C[C@H](C(=O)Nc1cc(C(F)(F)F)ccc1Cl)N1C(=O)[C@@H]2[C@H]3C[C@@H]([C@@H](Br)[C@H]3Br)[C@H]2C1=O. The largest absolute Gasteiger partial charge is 0.416 e. The topological polar surface area (TPSA) is 66.5 Å². The Morgan fingerprint density at radius 3 is 2.20 bits per heavy atom. The molecule has 0 spiro atoms. The highest BCUT2D eigenvalue weighted by molar-refractivity contribution is 9.12. The summed E-state index contributed by atoms with van der Waals surface area (Å²) < 4.78 is 38.9. The third kappa shape index (κ3) is 3.30. The number of carbonyl (C=O) groups excluding carboxylic acids is 3. The maximum atomic E-state index is 13.0. The molecule has 30 heavy (non-hydrogen) atoms. The van der Waals surface area contributed by atoms with Crippen LogP contribution < -0.4 is 5.32 Å². The standard InChI is InChI=1S/C19H16Br2ClF3N2O3/c1-6(16(28)26-11-4-7(19(23,24)25)2-3-10(11)22)27-17(29)12-8-5-9(13(12)18(27)30)15(21)14(8)20/h2-4,6,8-9,12-15H,5H2,1H3,(H,26,28)/t6-,8-,9-,12-,13-,14-,15+/m1/s1. The van der Waals surface area contributed by atoms with Crippen LogP contribution in [0.25, 0.3) is 0 Å². The van der Waals surface area contributed by atoms with Crippen molar-refractivity contribution in [1.82, 2.24) is 4.90 Å². The summed E-state index contributed by atoms with van der Waals surface area (Å²) in [5.41, 5.74) is -1.20. The Hall–Kier alpha value is -1.13. The molecule has 3 aliphatic rings. The zero-order valence-electron chi connectivity index (χ0n) is 15.4. The van der Waals surface area contributed by atoms with Crippen LogP contribution in [0.15, 0.2) is 18.2 Å². The molecule has 11 heteroatoms. The molecule has 1 saturated heterocycles. The van der Waals surface area contributed by atoms with Crippen LogP contribution in [-0.4, -0.2) is 38.3 Å². The number of anilines is 1. The minimum Gasteiger partial charge on any atom is -0.323 e. The molecule has 0 radical (unpaired) electrons. The Bertz CT molecular complexity index is 912. The second-order valence-electron chi connectivity index (χ2n) is 7.91. The van der Waals surface area contributed by atoms with E-state index in [1.807, 2.05) is 0 Å². The number of hydrogen-bond donors (Lipinski definition) is 1. The molecule has 3 amide bonds. The number of fused-ring (bicyclic) bond motifs is 5. The first-order valence-corrected chi connectivity index (χ1v) is 11.5. The third-order valence-corrected chi connectivity index (χ3v) is 9.88. The van der Waals surface area contributed by atoms with Gasteiger partial charge in [0.2, 0.25) is 17.7 Å². The van der Waals surface area contributed by atoms with Crippen LogP contribution in [0.4, 0.5) is 18.9 Å². The lowest BCUT2D eigenvalue weighted by molar-refractivity contribution is -0.146. The fourth-order valence-corrected chi connectivity index (χ4v) is 6.94. The van der Waals surface area contributed by atoms with Crippen molar-refractivity contribution in [2.24, 2.45) is 23.7 Å². The molecule has 2 bridgehead atoms. The predicted octanol–water partition coefficient (Wildman–Crippen LogP) is 4.46. The highest BCUT2D eigenvalue weighted by atomic mass is 79.9. The third-order valence-electron chi connectivity index (χ3n) is 6.34. The number of hydrogen-bond acceptors (Lipinski definition) is 3. The molecule has 162 valence electrons. The van der Waals surface area contributed by atoms with Gasteiger partial charge in [-0.2, -0.15) is 13.2 Å². The van der Waals surface area contributed by atoms with Crippen molar-refractivity contribution >= 4 is 66.9 Å². The lowest BCUT2D eigenvalue weighted by Gasteiger charge is -2.28. The van der Waals surface area contributed by atoms with Crippen LogP contribution in [-0.2, 0) is 20.6 Å². The van der Waals surface area contributed by atoms with E-state index in [2.05, 4.69) is 37.2 Å². The van der Waals surface area contributed by atoms with Gasteiger partial charge in [0.05, 0.1) is 28.1 Å². The molecule has 1 N–H and O–H groups in total. The molecule has 1 heterocycles. The summed E-state index contributed by atoms with van der Waals surface area (Å²) in [7, 11) is 0. The van der Waals surface area contributed by atoms with Gasteiger partial charge in [-0.15, -0.1) is 0 Å². The lowest BCUT2D eigenvalue weighted by Crippen LogP contribution is -2.46. The first-order valence-electron chi connectivity index (χ1n) is 9.26. The van der Waals surface area contributed by atoms with E-state index in [1.54, 1.807) is 0 Å². The Morgan fingerprint density at radius 1 is 1.17 bits per heavy atom. The summed E-state index contributed by atoms with van der Waals surface area (Å²) in [6.45, 7) is 1.38. The molecular weight excluding hydrogens is 556 g/mol. The first-order chi connectivity index (χ1) is 13.9. The number of nitrogens with zero attached hydrogens (tertiary/aromatic N) is 1. The maximum absolute atomic E-state index is 13.0. The van der Waals surface area contributed by atoms with Gasteiger partial charge in [-0.1, -0.05) is 43.5 Å². The van der Waals surface area contributed by atoms with Crippen molar-refractivity contribution in [3.8, 4) is 0 Å². The van der Waals surface area contributed by atoms with Crippen LogP contribution in [0.1, 0.15) is 18.9 Å². The lowest BCUT2D eigenvalue weighted by atomic mass is 9.81. The maximum Gasteiger partial charge on any atom is 0.416 e. The van der Waals surface area contributed by atoms with Crippen LogP contribution in [0.5, 0.6) is 0 Å². The molecule has 5 nitrogen and oxygen atoms in total. The van der Waals surface area contributed by atoms with Crippen LogP contribution in [0.2, 0.25) is 5.02 Å². The number of amides is 3. The van der Waals surface area contributed by atoms with E-state index in [-0.39, 0.29) is 32.2 Å². The van der Waals surface area contributed by atoms with E-state index >= 15 is 0 Å². The van der Waals surface area contributed by atoms with E-state index < -0.39 is 47.3 Å². The molecule has 7 atom stereocenters. The zero-order valence-corrected chi connectivity index (χ0v) is 19.3. The van der Waals surface area contributed by atoms with Crippen LogP contribution in [0.3, 0.4) is 0 Å². The fourth-order valence-electron chi connectivity index (χ4n) is 4.91. The van der Waals surface area contributed by atoms with Crippen LogP contribution >= 0.6 is 43.5 Å². The number of imide groups is 1. The van der Waals surface area contributed by atoms with Crippen molar-refractivity contribution in [2.75, 3.05) is 5.32 Å². The Labute approximate surface area is 191 Å². The van der Waals surface area contributed by atoms with Gasteiger partial charge in [0.1, 0.15) is 6.04 Å². The Balaban J connectivity index is 1.55. The number of rotatable bonds is 3. The number of likely N-dealkylation sites (tertiary alicyclic amines) is 1. The smallest absolute Gasteiger partial charge is 0.323 e. The molecule has 3 fully saturated rings. The molecule has 1 aliphatic heterocycles. The van der Waals surface area contributed by atoms with Gasteiger partial charge in [-0.3, -0.25) is 19.3 Å². The monoisotopic (exact) mass is 570 g/mol. The molecule has 2 aliphatic carbocycles. The van der Waals surface area contributed by atoms with Gasteiger partial charge in [0, 0.05) is 9.65 Å². The summed E-state index contributed by atoms with van der Waals surface area (Å²) in [6, 6.07) is 1.38. The van der Waals surface area contributed by atoms with E-state index in [9.17, 15) is 27.6 Å². The summed E-state index contributed by atoms with van der Waals surface area (Å²) in [5.74, 6) is -2.55. The van der Waals surface area contributed by atoms with Crippen molar-refractivity contribution in [1.29, 1.82) is 0 Å². The molecule has 2 saturated carbocycles. The Kier molecular flexibility index (Phi) is 5.50. The minimum atomic E-state index is -4.61. The average molecular weight is 573 g/mol. The quantitative estimate of drug-likeness (QED) is 0.430. The summed E-state index contributed by atoms with van der Waals surface area (Å²) in [5, 5.41) is 2.24. The number of carbonyl (C=O) groups is 3. The van der Waals surface area contributed by atoms with Crippen molar-refractivity contribution in [3.63, 3.8) is 0 Å². The van der Waals surface area contributed by atoms with E-state index in [4.69, 9.17) is 11.6 Å². The zero-order chi connectivity index (χ0) is 22.1. The Morgan fingerprint density at radius 2 is 1.70 bits per heavy atom. The second kappa shape index (κ2) is 7.48. The number of benzene rings is 1. The van der Waals surface area contributed by atoms with E-state index in [0.29, 0.717) is 0 Å². The van der Waals surface area contributed by atoms with Crippen molar-refractivity contribution in [2.45, 2.75) is 35.2 Å². The van der Waals surface area contributed by atoms with Gasteiger partial charge >= 0.3 is 6.18 Å². The average Bonchev–Trinajstić information content (AvgIpc) is 3.27. The second-order valence-corrected chi connectivity index (χ2v) is 10.4. The van der Waals surface area contributed by atoms with Gasteiger partial charge in [-0.05, 0) is 43.4 Å². The number of nitrogens with one attached hydrogen (secondary N) is 1. The van der Waals surface area contributed by atoms with Gasteiger partial charge in [-0.25, -0.2) is 0 Å². The molecule has 0 unspecified atom stereocenters. The molecule has 1 aromatic carbocycles. The number of alkyl halides is 5. The van der Waals surface area contributed by atoms with Gasteiger partial charge in [0.25, 0.3) is 0 Å². The fraction of sp³-hybridized carbons (Fsp3) is 0.526. The van der Waals surface area contributed by atoms with Crippen LogP contribution in [0, 0.1) is 23.7 Å². The highest BCUT2D eigenvalue weighted by Crippen LogP contribution is 2.60. The van der Waals surface area contributed by atoms with Crippen molar-refractivity contribution < 1.29 is 27.6 Å². The van der Waals surface area contributed by atoms with E-state index in [0.717, 1.165) is 29.5 Å². The number of halogens is 6. The predicted molar refractivity (Wildman–Crippen MR) is 110 cm³/mol. The highest BCUT2D eigenvalue weighted by Gasteiger charge is 2.67. The summed E-state index contributed by atoms with van der Waals surface area (Å²) >= 11 is 13.1. The van der Waals surface area contributed by atoms with Gasteiger partial charge in [0.15, 0.2) is 0 Å². The van der Waals surface area contributed by atoms with Gasteiger partial charge < -0.3 is 5.32 Å². The first kappa shape index (κ1) is 22.1. The van der Waals surface area contributed by atoms with Crippen molar-refractivity contribution in [3.05, 3.63) is 28.8 Å². The molecule has 4 rings (SSSR count). The summed E-state index contributed by atoms with van der Waals surface area (Å²) in [4.78, 5) is 39.8. The van der Waals surface area contributed by atoms with E-state index in [1.165, 1.54) is 6.92 Å². The normalized spacial score (nSPS) is 33.8. The molecule has 1 aromatic rings. The summed E-state index contributed by atoms with van der Waals surface area (Å²) in [6.07, 6.45) is -3.85. The minimum absolute atomic E-state index is 0.000928. The molecule has 0 aromatic heterocycles.